The van der Waals surface area contributed by atoms with Crippen molar-refractivity contribution in [2.24, 2.45) is 0 Å². The van der Waals surface area contributed by atoms with Crippen molar-refractivity contribution in [1.29, 1.82) is 0 Å². The molecule has 0 aliphatic heterocycles. The molecule has 3 aromatic rings. The molecule has 0 fully saturated rings. The van der Waals surface area contributed by atoms with E-state index >= 15 is 0 Å². The van der Waals surface area contributed by atoms with E-state index in [0.29, 0.717) is 11.4 Å². The van der Waals surface area contributed by atoms with Crippen LogP contribution in [0.1, 0.15) is 15.4 Å². The number of amides is 1. The van der Waals surface area contributed by atoms with Crippen molar-refractivity contribution in [1.82, 2.24) is 9.59 Å². The van der Waals surface area contributed by atoms with Gasteiger partial charge in [0, 0.05) is 10.2 Å². The standard InChI is InChI=1S/C16H12BrFN4O3S2/c1-9-15(26-22-20-9)16(23)19-13-7-4-11(18)8-14(13)27(24,25)21-12-5-2-10(17)3-6-12/h2-8,21H,1H3,(H,19,23). The van der Waals surface area contributed by atoms with Crippen molar-refractivity contribution in [3.63, 3.8) is 0 Å². The summed E-state index contributed by atoms with van der Waals surface area (Å²) in [5.41, 5.74) is 0.651. The van der Waals surface area contributed by atoms with Gasteiger partial charge in [-0.3, -0.25) is 9.52 Å². The number of carbonyl (C=O) groups excluding carboxylic acids is 1. The molecule has 7 nitrogen and oxygen atoms in total. The molecule has 2 aromatic carbocycles. The number of halogens is 2. The van der Waals surface area contributed by atoms with E-state index in [1.807, 2.05) is 0 Å². The van der Waals surface area contributed by atoms with Gasteiger partial charge in [-0.1, -0.05) is 20.4 Å². The third-order valence-electron chi connectivity index (χ3n) is 3.44. The molecule has 11 heteroatoms. The molecular formula is C16H12BrFN4O3S2. The van der Waals surface area contributed by atoms with Crippen molar-refractivity contribution in [2.75, 3.05) is 10.0 Å². The van der Waals surface area contributed by atoms with Gasteiger partial charge in [0.25, 0.3) is 15.9 Å². The average Bonchev–Trinajstić information content (AvgIpc) is 3.04. The number of sulfonamides is 1. The predicted molar refractivity (Wildman–Crippen MR) is 104 cm³/mol. The number of aromatic nitrogens is 2. The number of hydrogen-bond donors (Lipinski definition) is 2. The van der Waals surface area contributed by atoms with Crippen molar-refractivity contribution >= 4 is 54.8 Å². The fourth-order valence-corrected chi connectivity index (χ4v) is 4.22. The second kappa shape index (κ2) is 7.71. The quantitative estimate of drug-likeness (QED) is 0.590. The second-order valence-corrected chi connectivity index (χ2v) is 8.72. The van der Waals surface area contributed by atoms with Crippen LogP contribution < -0.4 is 10.0 Å². The van der Waals surface area contributed by atoms with E-state index in [-0.39, 0.29) is 10.6 Å². The number of rotatable bonds is 5. The molecule has 2 N–H and O–H groups in total. The maximum Gasteiger partial charge on any atom is 0.269 e. The Morgan fingerprint density at radius 1 is 1.19 bits per heavy atom. The van der Waals surface area contributed by atoms with Crippen LogP contribution in [0.15, 0.2) is 51.8 Å². The molecule has 1 aromatic heterocycles. The summed E-state index contributed by atoms with van der Waals surface area (Å²) < 4.78 is 46.0. The van der Waals surface area contributed by atoms with Crippen LogP contribution in [-0.2, 0) is 10.0 Å². The van der Waals surface area contributed by atoms with Gasteiger partial charge in [-0.2, -0.15) is 0 Å². The lowest BCUT2D eigenvalue weighted by atomic mass is 10.3. The summed E-state index contributed by atoms with van der Waals surface area (Å²) in [7, 11) is -4.15. The molecule has 0 atom stereocenters. The smallest absolute Gasteiger partial charge is 0.269 e. The largest absolute Gasteiger partial charge is 0.320 e. The highest BCUT2D eigenvalue weighted by Gasteiger charge is 2.23. The molecule has 0 aliphatic carbocycles. The highest BCUT2D eigenvalue weighted by molar-refractivity contribution is 9.10. The van der Waals surface area contributed by atoms with Gasteiger partial charge in [0.15, 0.2) is 0 Å². The molecule has 140 valence electrons. The number of anilines is 2. The summed E-state index contributed by atoms with van der Waals surface area (Å²) in [6, 6.07) is 9.50. The monoisotopic (exact) mass is 470 g/mol. The Hall–Kier alpha value is -2.37. The SMILES string of the molecule is Cc1nnsc1C(=O)Nc1ccc(F)cc1S(=O)(=O)Nc1ccc(Br)cc1. The summed E-state index contributed by atoms with van der Waals surface area (Å²) in [5.74, 6) is -1.32. The molecule has 0 unspecified atom stereocenters. The number of carbonyl (C=O) groups is 1. The zero-order valence-corrected chi connectivity index (χ0v) is 17.0. The zero-order valence-electron chi connectivity index (χ0n) is 13.7. The fraction of sp³-hybridized carbons (Fsp3) is 0.0625. The van der Waals surface area contributed by atoms with Crippen LogP contribution in [0.2, 0.25) is 0 Å². The van der Waals surface area contributed by atoms with Crippen molar-refractivity contribution in [3.8, 4) is 0 Å². The van der Waals surface area contributed by atoms with Crippen LogP contribution in [0, 0.1) is 12.7 Å². The lowest BCUT2D eigenvalue weighted by Crippen LogP contribution is -2.18. The van der Waals surface area contributed by atoms with Crippen LogP contribution in [0.5, 0.6) is 0 Å². The van der Waals surface area contributed by atoms with Crippen LogP contribution in [-0.4, -0.2) is 23.9 Å². The summed E-state index contributed by atoms with van der Waals surface area (Å²) in [6.45, 7) is 1.61. The molecule has 0 saturated carbocycles. The number of benzene rings is 2. The first-order valence-corrected chi connectivity index (χ1v) is 10.5. The normalized spacial score (nSPS) is 11.2. The van der Waals surface area contributed by atoms with Crippen LogP contribution >= 0.6 is 27.5 Å². The van der Waals surface area contributed by atoms with E-state index in [9.17, 15) is 17.6 Å². The van der Waals surface area contributed by atoms with Gasteiger partial charge in [0.05, 0.1) is 11.4 Å². The Morgan fingerprint density at radius 3 is 2.52 bits per heavy atom. The molecule has 27 heavy (non-hydrogen) atoms. The molecule has 0 aliphatic rings. The van der Waals surface area contributed by atoms with Crippen LogP contribution in [0.3, 0.4) is 0 Å². The third kappa shape index (κ3) is 4.49. The Bertz CT molecular complexity index is 1100. The summed E-state index contributed by atoms with van der Waals surface area (Å²) in [6.07, 6.45) is 0. The van der Waals surface area contributed by atoms with E-state index in [4.69, 9.17) is 0 Å². The summed E-state index contributed by atoms with van der Waals surface area (Å²) >= 11 is 4.14. The Morgan fingerprint density at radius 2 is 1.89 bits per heavy atom. The average molecular weight is 471 g/mol. The van der Waals surface area contributed by atoms with Crippen molar-refractivity contribution in [2.45, 2.75) is 11.8 Å². The van der Waals surface area contributed by atoms with Gasteiger partial charge in [0.2, 0.25) is 0 Å². The van der Waals surface area contributed by atoms with Gasteiger partial charge >= 0.3 is 0 Å². The first-order valence-electron chi connectivity index (χ1n) is 7.44. The summed E-state index contributed by atoms with van der Waals surface area (Å²) in [4.78, 5) is 12.2. The summed E-state index contributed by atoms with van der Waals surface area (Å²) in [5, 5.41) is 6.22. The molecular weight excluding hydrogens is 459 g/mol. The van der Waals surface area contributed by atoms with E-state index in [1.165, 1.54) is 6.07 Å². The molecule has 0 saturated heterocycles. The lowest BCUT2D eigenvalue weighted by molar-refractivity contribution is 0.102. The Kier molecular flexibility index (Phi) is 5.53. The Balaban J connectivity index is 1.94. The fourth-order valence-electron chi connectivity index (χ4n) is 2.17. The molecule has 0 radical (unpaired) electrons. The molecule has 0 spiro atoms. The molecule has 1 amide bonds. The third-order valence-corrected chi connectivity index (χ3v) is 6.21. The first kappa shape index (κ1) is 19.4. The highest BCUT2D eigenvalue weighted by atomic mass is 79.9. The minimum Gasteiger partial charge on any atom is -0.320 e. The van der Waals surface area contributed by atoms with Crippen LogP contribution in [0.25, 0.3) is 0 Å². The lowest BCUT2D eigenvalue weighted by Gasteiger charge is -2.13. The van der Waals surface area contributed by atoms with Crippen molar-refractivity contribution < 1.29 is 17.6 Å². The number of nitrogens with one attached hydrogen (secondary N) is 2. The second-order valence-electron chi connectivity index (χ2n) is 5.39. The number of hydrogen-bond acceptors (Lipinski definition) is 6. The van der Waals surface area contributed by atoms with Gasteiger partial charge < -0.3 is 5.32 Å². The molecule has 3 rings (SSSR count). The molecule has 1 heterocycles. The van der Waals surface area contributed by atoms with Crippen molar-refractivity contribution in [3.05, 3.63) is 63.3 Å². The minimum absolute atomic E-state index is 0.0567. The topological polar surface area (TPSA) is 101 Å². The predicted octanol–water partition coefficient (Wildman–Crippen LogP) is 3.80. The maximum absolute atomic E-state index is 13.7. The van der Waals surface area contributed by atoms with E-state index in [0.717, 1.165) is 28.1 Å². The number of aryl methyl sites for hydroxylation is 1. The first-order chi connectivity index (χ1) is 12.8. The van der Waals surface area contributed by atoms with Gasteiger partial charge in [-0.25, -0.2) is 12.8 Å². The van der Waals surface area contributed by atoms with E-state index in [1.54, 1.807) is 31.2 Å². The Labute approximate surface area is 167 Å². The van der Waals surface area contributed by atoms with E-state index < -0.39 is 26.6 Å². The number of nitrogens with zero attached hydrogens (tertiary/aromatic N) is 2. The minimum atomic E-state index is -4.15. The highest BCUT2D eigenvalue weighted by Crippen LogP contribution is 2.26. The maximum atomic E-state index is 13.7. The van der Waals surface area contributed by atoms with Gasteiger partial charge in [-0.15, -0.1) is 5.10 Å². The van der Waals surface area contributed by atoms with Crippen LogP contribution in [0.4, 0.5) is 15.8 Å². The van der Waals surface area contributed by atoms with Gasteiger partial charge in [0.1, 0.15) is 15.6 Å². The zero-order chi connectivity index (χ0) is 19.6. The van der Waals surface area contributed by atoms with E-state index in [2.05, 4.69) is 35.6 Å². The molecule has 0 bridgehead atoms. The van der Waals surface area contributed by atoms with Gasteiger partial charge in [-0.05, 0) is 60.9 Å².